The molecule has 0 saturated carbocycles. The predicted octanol–water partition coefficient (Wildman–Crippen LogP) is 3.29. The molecule has 1 atom stereocenters. The molecule has 0 saturated heterocycles. The zero-order valence-electron chi connectivity index (χ0n) is 10.7. The van der Waals surface area contributed by atoms with Gasteiger partial charge in [-0.2, -0.15) is 0 Å². The van der Waals surface area contributed by atoms with E-state index in [0.29, 0.717) is 21.6 Å². The van der Waals surface area contributed by atoms with Crippen molar-refractivity contribution in [3.8, 4) is 0 Å². The summed E-state index contributed by atoms with van der Waals surface area (Å²) in [5.74, 6) is -1.73. The molecule has 19 heavy (non-hydrogen) atoms. The minimum atomic E-state index is -0.915. The van der Waals surface area contributed by atoms with Crippen molar-refractivity contribution in [2.24, 2.45) is 5.92 Å². The zero-order valence-corrected chi connectivity index (χ0v) is 13.0. The molecule has 0 heterocycles. The van der Waals surface area contributed by atoms with Gasteiger partial charge in [0.25, 0.3) is 5.91 Å². The van der Waals surface area contributed by atoms with Crippen molar-refractivity contribution in [3.05, 3.63) is 33.3 Å². The van der Waals surface area contributed by atoms with Crippen molar-refractivity contribution in [2.75, 3.05) is 13.1 Å². The summed E-state index contributed by atoms with van der Waals surface area (Å²) in [5, 5.41) is 9.44. The molecule has 0 bridgehead atoms. The van der Waals surface area contributed by atoms with Crippen molar-refractivity contribution in [3.63, 3.8) is 0 Å². The van der Waals surface area contributed by atoms with E-state index in [0.717, 1.165) is 0 Å². The molecule has 1 N–H and O–H groups in total. The molecule has 1 aromatic carbocycles. The number of nitrogens with zero attached hydrogens (tertiary/aromatic N) is 1. The number of carbonyl (C=O) groups excluding carboxylic acids is 1. The van der Waals surface area contributed by atoms with Gasteiger partial charge in [0.2, 0.25) is 0 Å². The molecule has 0 fully saturated rings. The maximum atomic E-state index is 12.3. The summed E-state index contributed by atoms with van der Waals surface area (Å²) in [6.45, 7) is 4.02. The van der Waals surface area contributed by atoms with E-state index in [4.69, 9.17) is 16.7 Å². The number of carbonyl (C=O) groups is 2. The van der Waals surface area contributed by atoms with Crippen molar-refractivity contribution in [1.29, 1.82) is 0 Å². The largest absolute Gasteiger partial charge is 0.481 e. The second kappa shape index (κ2) is 6.91. The number of carboxylic acids is 1. The Morgan fingerprint density at radius 3 is 2.58 bits per heavy atom. The number of halogens is 2. The topological polar surface area (TPSA) is 57.6 Å². The molecular formula is C13H15BrClNO3. The molecule has 0 radical (unpaired) electrons. The summed E-state index contributed by atoms with van der Waals surface area (Å²) in [4.78, 5) is 24.7. The number of rotatable bonds is 5. The predicted molar refractivity (Wildman–Crippen MR) is 77.5 cm³/mol. The maximum absolute atomic E-state index is 12.3. The summed E-state index contributed by atoms with van der Waals surface area (Å²) < 4.78 is 0.603. The summed E-state index contributed by atoms with van der Waals surface area (Å²) in [6.07, 6.45) is 0. The summed E-state index contributed by atoms with van der Waals surface area (Å²) in [7, 11) is 0. The molecule has 4 nitrogen and oxygen atoms in total. The van der Waals surface area contributed by atoms with Crippen molar-refractivity contribution in [2.45, 2.75) is 13.8 Å². The Labute approximate surface area is 125 Å². The lowest BCUT2D eigenvalue weighted by atomic mass is 10.1. The van der Waals surface area contributed by atoms with Gasteiger partial charge in [0, 0.05) is 22.6 Å². The summed E-state index contributed by atoms with van der Waals surface area (Å²) >= 11 is 9.12. The van der Waals surface area contributed by atoms with Crippen molar-refractivity contribution < 1.29 is 14.7 Å². The fraction of sp³-hybridized carbons (Fsp3) is 0.385. The summed E-state index contributed by atoms with van der Waals surface area (Å²) in [5.41, 5.74) is 0.476. The maximum Gasteiger partial charge on any atom is 0.308 e. The number of aliphatic carboxylic acids is 1. The molecule has 1 amide bonds. The van der Waals surface area contributed by atoms with E-state index in [9.17, 15) is 9.59 Å². The van der Waals surface area contributed by atoms with Gasteiger partial charge in [-0.05, 0) is 41.1 Å². The molecule has 0 aliphatic heterocycles. The van der Waals surface area contributed by atoms with Gasteiger partial charge in [0.1, 0.15) is 0 Å². The number of carboxylic acid groups (broad SMARTS) is 1. The molecule has 0 aromatic heterocycles. The lowest BCUT2D eigenvalue weighted by Crippen LogP contribution is -2.36. The van der Waals surface area contributed by atoms with Crippen LogP contribution in [0.1, 0.15) is 24.2 Å². The molecule has 0 spiro atoms. The third kappa shape index (κ3) is 4.21. The third-order valence-corrected chi connectivity index (χ3v) is 3.64. The van der Waals surface area contributed by atoms with Gasteiger partial charge in [-0.15, -0.1) is 0 Å². The summed E-state index contributed by atoms with van der Waals surface area (Å²) in [6, 6.07) is 4.90. The lowest BCUT2D eigenvalue weighted by Gasteiger charge is -2.23. The Kier molecular flexibility index (Phi) is 5.82. The number of hydrogen-bond acceptors (Lipinski definition) is 2. The first-order chi connectivity index (χ1) is 8.86. The number of hydrogen-bond donors (Lipinski definition) is 1. The highest BCUT2D eigenvalue weighted by atomic mass is 79.9. The van der Waals surface area contributed by atoms with Crippen LogP contribution in [-0.2, 0) is 4.79 Å². The Hall–Kier alpha value is -1.07. The Balaban J connectivity index is 2.92. The first-order valence-electron chi connectivity index (χ1n) is 5.84. The number of amides is 1. The SMILES string of the molecule is CCN(CC(C)C(=O)O)C(=O)c1ccc(Cl)cc1Br. The minimum absolute atomic E-state index is 0.180. The van der Waals surface area contributed by atoms with Gasteiger partial charge in [0.05, 0.1) is 11.5 Å². The highest BCUT2D eigenvalue weighted by Crippen LogP contribution is 2.23. The normalized spacial score (nSPS) is 12.0. The Bertz CT molecular complexity index is 493. The van der Waals surface area contributed by atoms with Gasteiger partial charge >= 0.3 is 5.97 Å². The van der Waals surface area contributed by atoms with Gasteiger partial charge in [-0.25, -0.2) is 0 Å². The smallest absolute Gasteiger partial charge is 0.308 e. The van der Waals surface area contributed by atoms with E-state index in [-0.39, 0.29) is 12.5 Å². The Morgan fingerprint density at radius 2 is 2.11 bits per heavy atom. The molecule has 0 aliphatic rings. The second-order valence-corrected chi connectivity index (χ2v) is 5.50. The average molecular weight is 349 g/mol. The van der Waals surface area contributed by atoms with Gasteiger partial charge in [-0.1, -0.05) is 18.5 Å². The molecule has 1 rings (SSSR count). The van der Waals surface area contributed by atoms with Crippen molar-refractivity contribution in [1.82, 2.24) is 4.90 Å². The fourth-order valence-electron chi connectivity index (χ4n) is 1.60. The molecule has 6 heteroatoms. The van der Waals surface area contributed by atoms with Crippen LogP contribution in [0.5, 0.6) is 0 Å². The van der Waals surface area contributed by atoms with Gasteiger partial charge in [-0.3, -0.25) is 9.59 Å². The standard InChI is InChI=1S/C13H15BrClNO3/c1-3-16(7-8(2)13(18)19)12(17)10-5-4-9(15)6-11(10)14/h4-6,8H,3,7H2,1-2H3,(H,18,19). The molecule has 0 aliphatic carbocycles. The van der Waals surface area contributed by atoms with Crippen molar-refractivity contribution >= 4 is 39.4 Å². The molecule has 1 aromatic rings. The Morgan fingerprint density at radius 1 is 1.47 bits per heavy atom. The van der Waals surface area contributed by atoms with Crippen LogP contribution < -0.4 is 0 Å². The monoisotopic (exact) mass is 347 g/mol. The van der Waals surface area contributed by atoms with Crippen LogP contribution in [0.2, 0.25) is 5.02 Å². The van der Waals surface area contributed by atoms with Crippen LogP contribution in [0.3, 0.4) is 0 Å². The zero-order chi connectivity index (χ0) is 14.6. The third-order valence-electron chi connectivity index (χ3n) is 2.75. The first-order valence-corrected chi connectivity index (χ1v) is 7.01. The quantitative estimate of drug-likeness (QED) is 0.888. The lowest BCUT2D eigenvalue weighted by molar-refractivity contribution is -0.141. The first kappa shape index (κ1) is 16.0. The fourth-order valence-corrected chi connectivity index (χ4v) is 2.45. The van der Waals surface area contributed by atoms with Crippen LogP contribution in [-0.4, -0.2) is 35.0 Å². The average Bonchev–Trinajstić information content (AvgIpc) is 2.34. The van der Waals surface area contributed by atoms with Crippen LogP contribution in [0.15, 0.2) is 22.7 Å². The van der Waals surface area contributed by atoms with Crippen LogP contribution in [0.25, 0.3) is 0 Å². The van der Waals surface area contributed by atoms with Gasteiger partial charge in [0.15, 0.2) is 0 Å². The van der Waals surface area contributed by atoms with E-state index in [1.54, 1.807) is 25.1 Å². The minimum Gasteiger partial charge on any atom is -0.481 e. The van der Waals surface area contributed by atoms with E-state index in [2.05, 4.69) is 15.9 Å². The van der Waals surface area contributed by atoms with E-state index in [1.807, 2.05) is 6.92 Å². The van der Waals surface area contributed by atoms with E-state index < -0.39 is 11.9 Å². The van der Waals surface area contributed by atoms with Gasteiger partial charge < -0.3 is 10.0 Å². The molecule has 104 valence electrons. The van der Waals surface area contributed by atoms with E-state index >= 15 is 0 Å². The highest BCUT2D eigenvalue weighted by molar-refractivity contribution is 9.10. The number of benzene rings is 1. The van der Waals surface area contributed by atoms with Crippen LogP contribution >= 0.6 is 27.5 Å². The molecule has 1 unspecified atom stereocenters. The molecular weight excluding hydrogens is 334 g/mol. The van der Waals surface area contributed by atoms with Crippen LogP contribution in [0.4, 0.5) is 0 Å². The van der Waals surface area contributed by atoms with Crippen LogP contribution in [0, 0.1) is 5.92 Å². The van der Waals surface area contributed by atoms with E-state index in [1.165, 1.54) is 4.90 Å². The second-order valence-electron chi connectivity index (χ2n) is 4.21. The highest BCUT2D eigenvalue weighted by Gasteiger charge is 2.21.